The highest BCUT2D eigenvalue weighted by atomic mass is 127. The van der Waals surface area contributed by atoms with Crippen LogP contribution in [0.3, 0.4) is 0 Å². The molecule has 0 fully saturated rings. The lowest BCUT2D eigenvalue weighted by Crippen LogP contribution is -2.42. The van der Waals surface area contributed by atoms with E-state index in [1.54, 1.807) is 19.2 Å². The number of rotatable bonds is 8. The number of nitrogens with one attached hydrogen (secondary N) is 2. The molecule has 1 aromatic rings. The highest BCUT2D eigenvalue weighted by Gasteiger charge is 2.10. The van der Waals surface area contributed by atoms with E-state index in [1.807, 2.05) is 6.92 Å². The Balaban J connectivity index is 0.00000576. The first-order valence-electron chi connectivity index (χ1n) is 7.66. The van der Waals surface area contributed by atoms with Gasteiger partial charge in [-0.2, -0.15) is 0 Å². The summed E-state index contributed by atoms with van der Waals surface area (Å²) in [5, 5.41) is 6.27. The van der Waals surface area contributed by atoms with Gasteiger partial charge in [0, 0.05) is 38.6 Å². The first-order valence-corrected chi connectivity index (χ1v) is 9.72. The van der Waals surface area contributed by atoms with Crippen LogP contribution in [0.2, 0.25) is 0 Å². The Morgan fingerprint density at radius 1 is 1.40 bits per heavy atom. The predicted octanol–water partition coefficient (Wildman–Crippen LogP) is 2.08. The topological polar surface area (TPSA) is 79.8 Å². The van der Waals surface area contributed by atoms with Gasteiger partial charge in [0.05, 0.1) is 12.4 Å². The van der Waals surface area contributed by atoms with Gasteiger partial charge in [-0.15, -0.1) is 24.0 Å². The molecule has 0 heterocycles. The summed E-state index contributed by atoms with van der Waals surface area (Å²) in [5.74, 6) is 0.391. The van der Waals surface area contributed by atoms with Gasteiger partial charge in [-0.1, -0.05) is 6.07 Å². The fourth-order valence-electron chi connectivity index (χ4n) is 2.08. The van der Waals surface area contributed by atoms with Crippen molar-refractivity contribution in [1.29, 1.82) is 0 Å². The van der Waals surface area contributed by atoms with E-state index in [0.29, 0.717) is 24.5 Å². The molecule has 0 spiro atoms. The van der Waals surface area contributed by atoms with Crippen molar-refractivity contribution in [3.63, 3.8) is 0 Å². The van der Waals surface area contributed by atoms with E-state index in [4.69, 9.17) is 4.74 Å². The van der Waals surface area contributed by atoms with E-state index in [0.717, 1.165) is 5.56 Å². The fourth-order valence-corrected chi connectivity index (χ4v) is 2.86. The first kappa shape index (κ1) is 24.1. The first-order chi connectivity index (χ1) is 11.2. The highest BCUT2D eigenvalue weighted by molar-refractivity contribution is 14.0. The molecule has 1 atom stereocenters. The number of aliphatic imine (C=N–C) groups is 1. The smallest absolute Gasteiger partial charge is 0.191 e. The Kier molecular flexibility index (Phi) is 11.2. The summed E-state index contributed by atoms with van der Waals surface area (Å²) in [4.78, 5) is 4.11. The van der Waals surface area contributed by atoms with Crippen LogP contribution in [0.15, 0.2) is 23.2 Å². The van der Waals surface area contributed by atoms with Crippen molar-refractivity contribution in [2.24, 2.45) is 4.99 Å². The van der Waals surface area contributed by atoms with Gasteiger partial charge in [0.1, 0.15) is 15.7 Å². The molecule has 0 radical (unpaired) electrons. The Morgan fingerprint density at radius 2 is 2.08 bits per heavy atom. The fraction of sp³-hybridized carbons (Fsp3) is 0.562. The molecule has 0 aliphatic rings. The molecule has 0 aromatic heterocycles. The van der Waals surface area contributed by atoms with Crippen LogP contribution in [-0.4, -0.2) is 46.6 Å². The maximum atomic E-state index is 13.6. The second kappa shape index (κ2) is 11.6. The van der Waals surface area contributed by atoms with Gasteiger partial charge in [0.2, 0.25) is 0 Å². The SMILES string of the molecule is CN=C(NCc1ccc(F)c(COC)c1)NC(C)CCS(C)(=O)=O.I. The van der Waals surface area contributed by atoms with Crippen molar-refractivity contribution in [2.45, 2.75) is 32.5 Å². The Hall–Kier alpha value is -0.940. The summed E-state index contributed by atoms with van der Waals surface area (Å²) in [5.41, 5.74) is 1.40. The second-order valence-corrected chi connectivity index (χ2v) is 8.01. The number of halogens is 2. The molecule has 6 nitrogen and oxygen atoms in total. The largest absolute Gasteiger partial charge is 0.380 e. The summed E-state index contributed by atoms with van der Waals surface area (Å²) >= 11 is 0. The molecule has 0 bridgehead atoms. The molecule has 9 heteroatoms. The van der Waals surface area contributed by atoms with E-state index in [1.165, 1.54) is 19.4 Å². The maximum absolute atomic E-state index is 13.6. The third-order valence-corrected chi connectivity index (χ3v) is 4.38. The Morgan fingerprint density at radius 3 is 2.64 bits per heavy atom. The molecule has 2 N–H and O–H groups in total. The molecule has 1 rings (SSSR count). The number of hydrogen-bond donors (Lipinski definition) is 2. The van der Waals surface area contributed by atoms with E-state index < -0.39 is 9.84 Å². The molecular formula is C16H27FIN3O3S. The van der Waals surface area contributed by atoms with E-state index in [9.17, 15) is 12.8 Å². The van der Waals surface area contributed by atoms with Crippen LogP contribution in [0.1, 0.15) is 24.5 Å². The molecule has 0 saturated carbocycles. The zero-order valence-electron chi connectivity index (χ0n) is 15.0. The zero-order valence-corrected chi connectivity index (χ0v) is 18.2. The highest BCUT2D eigenvalue weighted by Crippen LogP contribution is 2.11. The summed E-state index contributed by atoms with van der Waals surface area (Å²) < 4.78 is 41.0. The number of nitrogens with zero attached hydrogens (tertiary/aromatic N) is 1. The van der Waals surface area contributed by atoms with Crippen LogP contribution >= 0.6 is 24.0 Å². The monoisotopic (exact) mass is 487 g/mol. The molecule has 0 aliphatic carbocycles. The molecule has 0 saturated heterocycles. The van der Waals surface area contributed by atoms with Crippen molar-refractivity contribution in [1.82, 2.24) is 10.6 Å². The van der Waals surface area contributed by atoms with Crippen molar-refractivity contribution in [2.75, 3.05) is 26.2 Å². The Bertz CT molecular complexity index is 669. The standard InChI is InChI=1S/C16H26FN3O3S.HI/c1-12(7-8-24(4,21)22)20-16(18-2)19-10-13-5-6-15(17)14(9-13)11-23-3;/h5-6,9,12H,7-8,10-11H2,1-4H3,(H2,18,19,20);1H. The second-order valence-electron chi connectivity index (χ2n) is 5.75. The quantitative estimate of drug-likeness (QED) is 0.334. The lowest BCUT2D eigenvalue weighted by Gasteiger charge is -2.18. The molecule has 25 heavy (non-hydrogen) atoms. The lowest BCUT2D eigenvalue weighted by molar-refractivity contribution is 0.181. The number of sulfone groups is 1. The number of guanidine groups is 1. The molecule has 144 valence electrons. The van der Waals surface area contributed by atoms with Crippen LogP contribution in [0.25, 0.3) is 0 Å². The van der Waals surface area contributed by atoms with Gasteiger partial charge in [-0.05, 0) is 31.0 Å². The summed E-state index contributed by atoms with van der Waals surface area (Å²) in [6, 6.07) is 4.81. The Labute approximate surface area is 166 Å². The van der Waals surface area contributed by atoms with E-state index in [-0.39, 0.29) is 48.2 Å². The minimum atomic E-state index is -2.98. The van der Waals surface area contributed by atoms with Crippen molar-refractivity contribution in [3.05, 3.63) is 35.1 Å². The zero-order chi connectivity index (χ0) is 18.2. The van der Waals surface area contributed by atoms with Crippen LogP contribution in [0, 0.1) is 5.82 Å². The maximum Gasteiger partial charge on any atom is 0.191 e. The lowest BCUT2D eigenvalue weighted by atomic mass is 10.1. The summed E-state index contributed by atoms with van der Waals surface area (Å²) in [6.45, 7) is 2.58. The number of ether oxygens (including phenoxy) is 1. The van der Waals surface area contributed by atoms with Gasteiger partial charge >= 0.3 is 0 Å². The van der Waals surface area contributed by atoms with Gasteiger partial charge in [-0.25, -0.2) is 12.8 Å². The van der Waals surface area contributed by atoms with Crippen molar-refractivity contribution in [3.8, 4) is 0 Å². The number of hydrogen-bond acceptors (Lipinski definition) is 4. The van der Waals surface area contributed by atoms with E-state index >= 15 is 0 Å². The van der Waals surface area contributed by atoms with Crippen LogP contribution in [0.5, 0.6) is 0 Å². The van der Waals surface area contributed by atoms with Gasteiger partial charge in [0.15, 0.2) is 5.96 Å². The molecule has 0 amide bonds. The summed E-state index contributed by atoms with van der Waals surface area (Å²) in [7, 11) is 0.181. The molecule has 0 aliphatic heterocycles. The predicted molar refractivity (Wildman–Crippen MR) is 110 cm³/mol. The average Bonchev–Trinajstić information content (AvgIpc) is 2.51. The summed E-state index contributed by atoms with van der Waals surface area (Å²) in [6.07, 6.45) is 1.72. The third-order valence-electron chi connectivity index (χ3n) is 3.40. The molecule has 1 aromatic carbocycles. The normalized spacial score (nSPS) is 13.1. The van der Waals surface area contributed by atoms with Crippen molar-refractivity contribution >= 4 is 39.8 Å². The van der Waals surface area contributed by atoms with Crippen LogP contribution < -0.4 is 10.6 Å². The van der Waals surface area contributed by atoms with Crippen LogP contribution in [-0.2, 0) is 27.7 Å². The number of methoxy groups -OCH3 is 1. The van der Waals surface area contributed by atoms with Crippen molar-refractivity contribution < 1.29 is 17.5 Å². The average molecular weight is 487 g/mol. The van der Waals surface area contributed by atoms with Gasteiger partial charge in [0.25, 0.3) is 0 Å². The van der Waals surface area contributed by atoms with Crippen LogP contribution in [0.4, 0.5) is 4.39 Å². The third kappa shape index (κ3) is 9.95. The molecule has 1 unspecified atom stereocenters. The van der Waals surface area contributed by atoms with Gasteiger partial charge in [-0.3, -0.25) is 4.99 Å². The van der Waals surface area contributed by atoms with E-state index in [2.05, 4.69) is 15.6 Å². The van der Waals surface area contributed by atoms with Gasteiger partial charge < -0.3 is 15.4 Å². The molecular weight excluding hydrogens is 460 g/mol. The number of benzene rings is 1. The minimum absolute atomic E-state index is 0. The minimum Gasteiger partial charge on any atom is -0.380 e.